The molecule has 1 fully saturated rings. The lowest BCUT2D eigenvalue weighted by molar-refractivity contribution is -0.384. The van der Waals surface area contributed by atoms with Gasteiger partial charge in [-0.25, -0.2) is 0 Å². The zero-order valence-electron chi connectivity index (χ0n) is 9.50. The van der Waals surface area contributed by atoms with Gasteiger partial charge in [-0.1, -0.05) is 12.1 Å². The van der Waals surface area contributed by atoms with Gasteiger partial charge in [0.2, 0.25) is 0 Å². The van der Waals surface area contributed by atoms with Crippen molar-refractivity contribution in [3.05, 3.63) is 39.9 Å². The summed E-state index contributed by atoms with van der Waals surface area (Å²) < 4.78 is 0. The second-order valence-corrected chi connectivity index (χ2v) is 4.40. The van der Waals surface area contributed by atoms with Gasteiger partial charge in [0, 0.05) is 18.2 Å². The van der Waals surface area contributed by atoms with E-state index < -0.39 is 11.0 Å². The summed E-state index contributed by atoms with van der Waals surface area (Å²) in [5.41, 5.74) is 1.01. The number of nitro benzene ring substituents is 1. The van der Waals surface area contributed by atoms with Gasteiger partial charge in [-0.05, 0) is 31.4 Å². The van der Waals surface area contributed by atoms with Gasteiger partial charge < -0.3 is 10.4 Å². The van der Waals surface area contributed by atoms with Crippen molar-refractivity contribution in [2.24, 2.45) is 0 Å². The molecule has 1 heterocycles. The fourth-order valence-electron chi connectivity index (χ4n) is 2.18. The molecule has 1 aliphatic rings. The van der Waals surface area contributed by atoms with Crippen LogP contribution < -0.4 is 5.32 Å². The molecule has 1 saturated heterocycles. The van der Waals surface area contributed by atoms with Crippen LogP contribution in [0.2, 0.25) is 0 Å². The molecule has 5 nitrogen and oxygen atoms in total. The van der Waals surface area contributed by atoms with Gasteiger partial charge in [0.15, 0.2) is 0 Å². The highest BCUT2D eigenvalue weighted by Crippen LogP contribution is 2.16. The standard InChI is InChI=1S/C12H16N2O3/c15-12(11-2-1-7-13-11)8-9-3-5-10(6-4-9)14(16)17/h3-6,11-13,15H,1-2,7-8H2/t11?,12-/m1/s1. The van der Waals surface area contributed by atoms with Crippen molar-refractivity contribution in [3.8, 4) is 0 Å². The summed E-state index contributed by atoms with van der Waals surface area (Å²) in [5.74, 6) is 0. The Hall–Kier alpha value is -1.46. The topological polar surface area (TPSA) is 75.4 Å². The average Bonchev–Trinajstić information content (AvgIpc) is 2.83. The second kappa shape index (κ2) is 5.25. The van der Waals surface area contributed by atoms with Crippen LogP contribution in [0.1, 0.15) is 18.4 Å². The van der Waals surface area contributed by atoms with Crippen LogP contribution in [0.25, 0.3) is 0 Å². The molecule has 2 N–H and O–H groups in total. The quantitative estimate of drug-likeness (QED) is 0.609. The zero-order valence-corrected chi connectivity index (χ0v) is 9.50. The van der Waals surface area contributed by atoms with E-state index in [9.17, 15) is 15.2 Å². The molecule has 1 aromatic carbocycles. The molecule has 2 rings (SSSR count). The second-order valence-electron chi connectivity index (χ2n) is 4.40. The molecular weight excluding hydrogens is 220 g/mol. The maximum atomic E-state index is 10.5. The lowest BCUT2D eigenvalue weighted by atomic mass is 10.0. The summed E-state index contributed by atoms with van der Waals surface area (Å²) in [6.45, 7) is 0.960. The molecule has 0 aliphatic carbocycles. The van der Waals surface area contributed by atoms with Crippen LogP contribution in [0.3, 0.4) is 0 Å². The minimum atomic E-state index is -0.418. The lowest BCUT2D eigenvalue weighted by Crippen LogP contribution is -2.36. The maximum absolute atomic E-state index is 10.5. The third-order valence-corrected chi connectivity index (χ3v) is 3.15. The van der Waals surface area contributed by atoms with E-state index in [-0.39, 0.29) is 11.7 Å². The highest BCUT2D eigenvalue weighted by molar-refractivity contribution is 5.33. The molecule has 5 heteroatoms. The third-order valence-electron chi connectivity index (χ3n) is 3.15. The Balaban J connectivity index is 1.96. The maximum Gasteiger partial charge on any atom is 0.269 e. The van der Waals surface area contributed by atoms with Crippen molar-refractivity contribution < 1.29 is 10.0 Å². The molecule has 0 spiro atoms. The Kier molecular flexibility index (Phi) is 3.71. The van der Waals surface area contributed by atoms with Gasteiger partial charge in [0.1, 0.15) is 0 Å². The summed E-state index contributed by atoms with van der Waals surface area (Å²) in [6, 6.07) is 6.52. The monoisotopic (exact) mass is 236 g/mol. The van der Waals surface area contributed by atoms with Crippen molar-refractivity contribution >= 4 is 5.69 Å². The van der Waals surface area contributed by atoms with Crippen LogP contribution in [0.5, 0.6) is 0 Å². The smallest absolute Gasteiger partial charge is 0.269 e. The van der Waals surface area contributed by atoms with E-state index in [0.29, 0.717) is 6.42 Å². The number of benzene rings is 1. The van der Waals surface area contributed by atoms with E-state index in [1.807, 2.05) is 0 Å². The fourth-order valence-corrected chi connectivity index (χ4v) is 2.18. The normalized spacial score (nSPS) is 21.4. The zero-order chi connectivity index (χ0) is 12.3. The minimum Gasteiger partial charge on any atom is -0.391 e. The molecule has 0 bridgehead atoms. The summed E-state index contributed by atoms with van der Waals surface area (Å²) in [6.07, 6.45) is 2.21. The first kappa shape index (κ1) is 12.0. The predicted octanol–water partition coefficient (Wildman–Crippen LogP) is 1.25. The number of rotatable bonds is 4. The molecule has 0 aromatic heterocycles. The molecule has 0 radical (unpaired) electrons. The number of aliphatic hydroxyl groups excluding tert-OH is 1. The Morgan fingerprint density at radius 2 is 2.18 bits per heavy atom. The largest absolute Gasteiger partial charge is 0.391 e. The van der Waals surface area contributed by atoms with Gasteiger partial charge in [-0.15, -0.1) is 0 Å². The van der Waals surface area contributed by atoms with Crippen molar-refractivity contribution in [2.45, 2.75) is 31.4 Å². The van der Waals surface area contributed by atoms with Gasteiger partial charge in [-0.2, -0.15) is 0 Å². The highest BCUT2D eigenvalue weighted by atomic mass is 16.6. The first-order chi connectivity index (χ1) is 8.16. The summed E-state index contributed by atoms with van der Waals surface area (Å²) in [5, 5.41) is 23.7. The van der Waals surface area contributed by atoms with Crippen molar-refractivity contribution in [1.29, 1.82) is 0 Å². The van der Waals surface area contributed by atoms with Crippen molar-refractivity contribution in [1.82, 2.24) is 5.32 Å². The van der Waals surface area contributed by atoms with Gasteiger partial charge >= 0.3 is 0 Å². The summed E-state index contributed by atoms with van der Waals surface area (Å²) in [7, 11) is 0. The first-order valence-electron chi connectivity index (χ1n) is 5.81. The van der Waals surface area contributed by atoms with E-state index in [2.05, 4.69) is 5.32 Å². The third kappa shape index (κ3) is 3.01. The van der Waals surface area contributed by atoms with Gasteiger partial charge in [0.05, 0.1) is 11.0 Å². The van der Waals surface area contributed by atoms with Crippen LogP contribution in [-0.4, -0.2) is 28.7 Å². The minimum absolute atomic E-state index is 0.0854. The molecule has 2 atom stereocenters. The molecule has 1 aliphatic heterocycles. The number of nitrogens with one attached hydrogen (secondary N) is 1. The van der Waals surface area contributed by atoms with Crippen molar-refractivity contribution in [3.63, 3.8) is 0 Å². The van der Waals surface area contributed by atoms with Crippen LogP contribution in [0, 0.1) is 10.1 Å². The van der Waals surface area contributed by atoms with Crippen LogP contribution in [0.15, 0.2) is 24.3 Å². The van der Waals surface area contributed by atoms with Gasteiger partial charge in [-0.3, -0.25) is 10.1 Å². The molecular formula is C12H16N2O3. The van der Waals surface area contributed by atoms with E-state index >= 15 is 0 Å². The summed E-state index contributed by atoms with van der Waals surface area (Å²) in [4.78, 5) is 10.1. The molecule has 0 saturated carbocycles. The van der Waals surface area contributed by atoms with E-state index in [1.165, 1.54) is 12.1 Å². The van der Waals surface area contributed by atoms with Crippen LogP contribution in [0.4, 0.5) is 5.69 Å². The number of nitrogens with zero attached hydrogens (tertiary/aromatic N) is 1. The van der Waals surface area contributed by atoms with E-state index in [4.69, 9.17) is 0 Å². The van der Waals surface area contributed by atoms with E-state index in [1.54, 1.807) is 12.1 Å². The van der Waals surface area contributed by atoms with Crippen LogP contribution in [-0.2, 0) is 6.42 Å². The van der Waals surface area contributed by atoms with E-state index in [0.717, 1.165) is 24.9 Å². The molecule has 17 heavy (non-hydrogen) atoms. The number of aliphatic hydroxyl groups is 1. The number of non-ortho nitro benzene ring substituents is 1. The molecule has 92 valence electrons. The Morgan fingerprint density at radius 3 is 2.71 bits per heavy atom. The SMILES string of the molecule is O=[N+]([O-])c1ccc(C[C@@H](O)C2CCCN2)cc1. The highest BCUT2D eigenvalue weighted by Gasteiger charge is 2.22. The lowest BCUT2D eigenvalue weighted by Gasteiger charge is -2.18. The van der Waals surface area contributed by atoms with Gasteiger partial charge in [0.25, 0.3) is 5.69 Å². The number of nitro groups is 1. The van der Waals surface area contributed by atoms with Crippen molar-refractivity contribution in [2.75, 3.05) is 6.54 Å². The predicted molar refractivity (Wildman–Crippen MR) is 63.8 cm³/mol. The average molecular weight is 236 g/mol. The Morgan fingerprint density at radius 1 is 1.47 bits per heavy atom. The Bertz CT molecular complexity index is 385. The summed E-state index contributed by atoms with van der Waals surface area (Å²) >= 11 is 0. The molecule has 0 amide bonds. The number of hydrogen-bond donors (Lipinski definition) is 2. The first-order valence-corrected chi connectivity index (χ1v) is 5.81. The Labute approximate surface area is 99.6 Å². The van der Waals surface area contributed by atoms with Crippen LogP contribution >= 0.6 is 0 Å². The molecule has 1 unspecified atom stereocenters. The number of hydrogen-bond acceptors (Lipinski definition) is 4. The fraction of sp³-hybridized carbons (Fsp3) is 0.500. The molecule has 1 aromatic rings.